The van der Waals surface area contributed by atoms with Gasteiger partial charge in [0.25, 0.3) is 5.92 Å². The molecule has 8 nitrogen and oxygen atoms in total. The third kappa shape index (κ3) is 2.46. The molecule has 1 aliphatic heterocycles. The summed E-state index contributed by atoms with van der Waals surface area (Å²) in [6.45, 7) is -0.733. The van der Waals surface area contributed by atoms with Gasteiger partial charge in [-0.2, -0.15) is 5.10 Å². The maximum atomic E-state index is 13.8. The van der Waals surface area contributed by atoms with E-state index >= 15 is 0 Å². The Bertz CT molecular complexity index is 518. The predicted octanol–water partition coefficient (Wildman–Crippen LogP) is 1.35. The lowest BCUT2D eigenvalue weighted by atomic mass is 10.0. The minimum Gasteiger partial charge on any atom is -0.465 e. The van der Waals surface area contributed by atoms with E-state index in [0.29, 0.717) is 0 Å². The molecule has 0 bridgehead atoms. The van der Waals surface area contributed by atoms with E-state index in [4.69, 9.17) is 5.11 Å². The lowest BCUT2D eigenvalue weighted by molar-refractivity contribution is -0.385. The van der Waals surface area contributed by atoms with E-state index < -0.39 is 41.6 Å². The Morgan fingerprint density at radius 1 is 1.63 bits per heavy atom. The van der Waals surface area contributed by atoms with Gasteiger partial charge in [0.05, 0.1) is 11.5 Å². The largest absolute Gasteiger partial charge is 0.465 e. The average molecular weight is 276 g/mol. The maximum absolute atomic E-state index is 13.8. The molecule has 1 atom stereocenters. The van der Waals surface area contributed by atoms with Crippen molar-refractivity contribution in [3.8, 4) is 0 Å². The first-order valence-corrected chi connectivity index (χ1v) is 5.35. The van der Waals surface area contributed by atoms with Crippen molar-refractivity contribution >= 4 is 11.8 Å². The van der Waals surface area contributed by atoms with Gasteiger partial charge in [0.2, 0.25) is 0 Å². The molecule has 0 saturated carbocycles. The number of carbonyl (C=O) groups is 1. The van der Waals surface area contributed by atoms with Crippen molar-refractivity contribution < 1.29 is 23.6 Å². The molecule has 1 N–H and O–H groups in total. The normalized spacial score (nSPS) is 22.2. The van der Waals surface area contributed by atoms with Gasteiger partial charge in [-0.15, -0.1) is 0 Å². The lowest BCUT2D eigenvalue weighted by Crippen LogP contribution is -2.49. The van der Waals surface area contributed by atoms with Gasteiger partial charge in [-0.25, -0.2) is 13.6 Å². The van der Waals surface area contributed by atoms with Crippen molar-refractivity contribution in [2.75, 3.05) is 13.1 Å². The molecule has 1 amide bonds. The highest BCUT2D eigenvalue weighted by atomic mass is 19.3. The van der Waals surface area contributed by atoms with Crippen molar-refractivity contribution in [1.29, 1.82) is 0 Å². The van der Waals surface area contributed by atoms with E-state index in [1.807, 2.05) is 0 Å². The zero-order valence-electron chi connectivity index (χ0n) is 9.57. The number of aromatic nitrogens is 2. The SMILES string of the molecule is O=C(O)N1CCC(F)(F)C(n2cc([N+](=O)[O-])cn2)C1. The summed E-state index contributed by atoms with van der Waals surface area (Å²) in [5.41, 5.74) is -0.414. The smallest absolute Gasteiger partial charge is 0.407 e. The molecule has 10 heteroatoms. The summed E-state index contributed by atoms with van der Waals surface area (Å²) in [5.74, 6) is -3.16. The van der Waals surface area contributed by atoms with Crippen molar-refractivity contribution in [3.63, 3.8) is 0 Å². The minimum absolute atomic E-state index is 0.276. The Labute approximate surface area is 105 Å². The molecule has 1 aromatic heterocycles. The monoisotopic (exact) mass is 276 g/mol. The van der Waals surface area contributed by atoms with Gasteiger partial charge >= 0.3 is 11.8 Å². The molecule has 104 valence electrons. The highest BCUT2D eigenvalue weighted by Gasteiger charge is 2.47. The van der Waals surface area contributed by atoms with Gasteiger partial charge in [0.1, 0.15) is 18.4 Å². The van der Waals surface area contributed by atoms with Crippen LogP contribution < -0.4 is 0 Å². The number of alkyl halides is 2. The van der Waals surface area contributed by atoms with Crippen molar-refractivity contribution in [2.24, 2.45) is 0 Å². The Balaban J connectivity index is 2.27. The zero-order chi connectivity index (χ0) is 14.2. The van der Waals surface area contributed by atoms with Gasteiger partial charge < -0.3 is 10.0 Å². The summed E-state index contributed by atoms with van der Waals surface area (Å²) < 4.78 is 28.3. The lowest BCUT2D eigenvalue weighted by Gasteiger charge is -2.36. The van der Waals surface area contributed by atoms with Crippen LogP contribution in [0.3, 0.4) is 0 Å². The number of hydrogen-bond acceptors (Lipinski definition) is 4. The fourth-order valence-corrected chi connectivity index (χ4v) is 1.93. The van der Waals surface area contributed by atoms with Crippen LogP contribution >= 0.6 is 0 Å². The van der Waals surface area contributed by atoms with Gasteiger partial charge in [0, 0.05) is 13.0 Å². The summed E-state index contributed by atoms with van der Waals surface area (Å²) in [7, 11) is 0. The quantitative estimate of drug-likeness (QED) is 0.649. The number of carboxylic acid groups (broad SMARTS) is 1. The zero-order valence-corrected chi connectivity index (χ0v) is 9.57. The number of piperidine rings is 1. The van der Waals surface area contributed by atoms with E-state index in [1.165, 1.54) is 0 Å². The van der Waals surface area contributed by atoms with E-state index in [-0.39, 0.29) is 6.54 Å². The Morgan fingerprint density at radius 2 is 2.32 bits per heavy atom. The van der Waals surface area contributed by atoms with Crippen LogP contribution in [-0.2, 0) is 0 Å². The molecule has 0 aromatic carbocycles. The highest BCUT2D eigenvalue weighted by Crippen LogP contribution is 2.37. The van der Waals surface area contributed by atoms with Crippen LogP contribution in [0.5, 0.6) is 0 Å². The number of nitrogens with zero attached hydrogens (tertiary/aromatic N) is 4. The first-order chi connectivity index (χ1) is 8.81. The number of rotatable bonds is 2. The van der Waals surface area contributed by atoms with Gasteiger partial charge in [-0.05, 0) is 0 Å². The minimum atomic E-state index is -3.16. The van der Waals surface area contributed by atoms with E-state index in [1.54, 1.807) is 0 Å². The number of halogens is 2. The molecule has 2 heterocycles. The summed E-state index contributed by atoms with van der Waals surface area (Å²) in [6, 6.07) is -1.54. The van der Waals surface area contributed by atoms with Gasteiger partial charge in [-0.3, -0.25) is 14.8 Å². The number of nitro groups is 1. The molecule has 2 rings (SSSR count). The first-order valence-electron chi connectivity index (χ1n) is 5.35. The molecule has 0 radical (unpaired) electrons. The molecule has 1 saturated heterocycles. The van der Waals surface area contributed by atoms with Crippen LogP contribution in [0.2, 0.25) is 0 Å². The standard InChI is InChI=1S/C9H10F2N4O4/c10-9(11)1-2-13(8(16)17)5-7(9)14-4-6(3-12-14)15(18)19/h3-4,7H,1-2,5H2,(H,16,17). The third-order valence-electron chi connectivity index (χ3n) is 2.98. The molecule has 1 aromatic rings. The van der Waals surface area contributed by atoms with Crippen molar-refractivity contribution in [1.82, 2.24) is 14.7 Å². The summed E-state index contributed by atoms with van der Waals surface area (Å²) in [5, 5.41) is 22.8. The van der Waals surface area contributed by atoms with E-state index in [0.717, 1.165) is 22.0 Å². The van der Waals surface area contributed by atoms with Crippen LogP contribution in [-0.4, -0.2) is 49.8 Å². The molecule has 1 fully saturated rings. The number of hydrogen-bond donors (Lipinski definition) is 1. The molecule has 0 spiro atoms. The third-order valence-corrected chi connectivity index (χ3v) is 2.98. The molecule has 0 aliphatic carbocycles. The van der Waals surface area contributed by atoms with Crippen LogP contribution in [0, 0.1) is 10.1 Å². The second kappa shape index (κ2) is 4.44. The fraction of sp³-hybridized carbons (Fsp3) is 0.556. The Morgan fingerprint density at radius 3 is 2.84 bits per heavy atom. The second-order valence-electron chi connectivity index (χ2n) is 4.19. The second-order valence-corrected chi connectivity index (χ2v) is 4.19. The predicted molar refractivity (Wildman–Crippen MR) is 57.1 cm³/mol. The van der Waals surface area contributed by atoms with Crippen LogP contribution in [0.25, 0.3) is 0 Å². The van der Waals surface area contributed by atoms with Gasteiger partial charge in [0.15, 0.2) is 0 Å². The van der Waals surface area contributed by atoms with Crippen molar-refractivity contribution in [3.05, 3.63) is 22.5 Å². The average Bonchev–Trinajstić information content (AvgIpc) is 2.77. The van der Waals surface area contributed by atoms with Crippen LogP contribution in [0.15, 0.2) is 12.4 Å². The van der Waals surface area contributed by atoms with E-state index in [2.05, 4.69) is 5.10 Å². The number of likely N-dealkylation sites (tertiary alicyclic amines) is 1. The molecule has 1 unspecified atom stereocenters. The summed E-state index contributed by atoms with van der Waals surface area (Å²) in [6.07, 6.45) is -0.209. The Hall–Kier alpha value is -2.26. The van der Waals surface area contributed by atoms with Crippen LogP contribution in [0.4, 0.5) is 19.3 Å². The summed E-state index contributed by atoms with van der Waals surface area (Å²) in [4.78, 5) is 21.4. The van der Waals surface area contributed by atoms with Crippen molar-refractivity contribution in [2.45, 2.75) is 18.4 Å². The molecular formula is C9H10F2N4O4. The summed E-state index contributed by atoms with van der Waals surface area (Å²) >= 11 is 0. The van der Waals surface area contributed by atoms with E-state index in [9.17, 15) is 23.7 Å². The van der Waals surface area contributed by atoms with Crippen LogP contribution in [0.1, 0.15) is 12.5 Å². The molecule has 19 heavy (non-hydrogen) atoms. The maximum Gasteiger partial charge on any atom is 0.407 e. The molecule has 1 aliphatic rings. The fourth-order valence-electron chi connectivity index (χ4n) is 1.93. The Kier molecular flexibility index (Phi) is 3.08. The first kappa shape index (κ1) is 13.2. The topological polar surface area (TPSA) is 102 Å². The highest BCUT2D eigenvalue weighted by molar-refractivity contribution is 5.65. The van der Waals surface area contributed by atoms with Gasteiger partial charge in [-0.1, -0.05) is 0 Å². The molecular weight excluding hydrogens is 266 g/mol. The number of amides is 1.